The summed E-state index contributed by atoms with van der Waals surface area (Å²) in [6.07, 6.45) is 1.35. The number of rotatable bonds is 8. The van der Waals surface area contributed by atoms with Crippen molar-refractivity contribution in [3.8, 4) is 5.75 Å². The Labute approximate surface area is 117 Å². The van der Waals surface area contributed by atoms with Crippen molar-refractivity contribution >= 4 is 0 Å². The van der Waals surface area contributed by atoms with E-state index in [9.17, 15) is 5.11 Å². The van der Waals surface area contributed by atoms with Gasteiger partial charge in [0.2, 0.25) is 0 Å². The van der Waals surface area contributed by atoms with Crippen LogP contribution in [0.25, 0.3) is 0 Å². The molecule has 0 saturated carbocycles. The van der Waals surface area contributed by atoms with Crippen LogP contribution in [-0.4, -0.2) is 30.9 Å². The van der Waals surface area contributed by atoms with Crippen LogP contribution >= 0.6 is 0 Å². The van der Waals surface area contributed by atoms with E-state index in [-0.39, 0.29) is 0 Å². The molecule has 0 amide bonds. The Bertz CT molecular complexity index is 375. The number of nitrogens with one attached hydrogen (secondary N) is 1. The summed E-state index contributed by atoms with van der Waals surface area (Å²) in [6.45, 7) is 8.07. The van der Waals surface area contributed by atoms with Gasteiger partial charge in [0.15, 0.2) is 0 Å². The zero-order valence-corrected chi connectivity index (χ0v) is 12.6. The third-order valence-corrected chi connectivity index (χ3v) is 3.16. The Kier molecular flexibility index (Phi) is 6.32. The van der Waals surface area contributed by atoms with E-state index in [0.29, 0.717) is 12.3 Å². The summed E-state index contributed by atoms with van der Waals surface area (Å²) in [6, 6.07) is 7.86. The highest BCUT2D eigenvalue weighted by molar-refractivity contribution is 5.34. The molecule has 0 saturated heterocycles. The van der Waals surface area contributed by atoms with E-state index in [1.54, 1.807) is 7.11 Å². The fourth-order valence-electron chi connectivity index (χ4n) is 2.10. The molecule has 0 aromatic heterocycles. The maximum atomic E-state index is 10.5. The van der Waals surface area contributed by atoms with Crippen molar-refractivity contribution in [2.75, 3.05) is 20.2 Å². The second-order valence-electron chi connectivity index (χ2n) is 5.83. The SMILES string of the molecule is COc1ccccc1CC(C)(O)CCNCC(C)C. The van der Waals surface area contributed by atoms with Crippen molar-refractivity contribution in [1.29, 1.82) is 0 Å². The molecular weight excluding hydrogens is 238 g/mol. The summed E-state index contributed by atoms with van der Waals surface area (Å²) in [4.78, 5) is 0. The van der Waals surface area contributed by atoms with E-state index in [4.69, 9.17) is 4.74 Å². The van der Waals surface area contributed by atoms with Crippen LogP contribution in [0.4, 0.5) is 0 Å². The van der Waals surface area contributed by atoms with Crippen LogP contribution < -0.4 is 10.1 Å². The molecule has 1 aromatic carbocycles. The maximum Gasteiger partial charge on any atom is 0.122 e. The largest absolute Gasteiger partial charge is 0.496 e. The lowest BCUT2D eigenvalue weighted by Gasteiger charge is -2.24. The van der Waals surface area contributed by atoms with Crippen molar-refractivity contribution in [2.45, 2.75) is 39.2 Å². The monoisotopic (exact) mass is 265 g/mol. The average Bonchev–Trinajstić information content (AvgIpc) is 2.35. The lowest BCUT2D eigenvalue weighted by Crippen LogP contribution is -2.33. The van der Waals surface area contributed by atoms with E-state index in [1.807, 2.05) is 31.2 Å². The molecule has 1 unspecified atom stereocenters. The van der Waals surface area contributed by atoms with Gasteiger partial charge in [0, 0.05) is 6.42 Å². The van der Waals surface area contributed by atoms with Gasteiger partial charge in [0.25, 0.3) is 0 Å². The van der Waals surface area contributed by atoms with E-state index in [2.05, 4.69) is 19.2 Å². The first kappa shape index (κ1) is 16.0. The van der Waals surface area contributed by atoms with E-state index in [0.717, 1.165) is 30.8 Å². The Balaban J connectivity index is 2.49. The molecule has 0 aliphatic heterocycles. The topological polar surface area (TPSA) is 41.5 Å². The Morgan fingerprint density at radius 1 is 1.32 bits per heavy atom. The number of aliphatic hydroxyl groups is 1. The fraction of sp³-hybridized carbons (Fsp3) is 0.625. The first-order chi connectivity index (χ1) is 8.94. The predicted octanol–water partition coefficient (Wildman–Crippen LogP) is 2.62. The summed E-state index contributed by atoms with van der Waals surface area (Å²) < 4.78 is 5.32. The zero-order valence-electron chi connectivity index (χ0n) is 12.6. The van der Waals surface area contributed by atoms with Gasteiger partial charge in [-0.1, -0.05) is 32.0 Å². The van der Waals surface area contributed by atoms with Crippen LogP contribution in [0.1, 0.15) is 32.8 Å². The second-order valence-corrected chi connectivity index (χ2v) is 5.83. The van der Waals surface area contributed by atoms with Gasteiger partial charge in [-0.3, -0.25) is 0 Å². The molecule has 2 N–H and O–H groups in total. The number of ether oxygens (including phenoxy) is 1. The third kappa shape index (κ3) is 6.08. The van der Waals surface area contributed by atoms with E-state index in [1.165, 1.54) is 0 Å². The number of methoxy groups -OCH3 is 1. The smallest absolute Gasteiger partial charge is 0.122 e. The van der Waals surface area contributed by atoms with Crippen LogP contribution in [0, 0.1) is 5.92 Å². The van der Waals surface area contributed by atoms with Crippen LogP contribution in [0.2, 0.25) is 0 Å². The van der Waals surface area contributed by atoms with Crippen molar-refractivity contribution in [3.05, 3.63) is 29.8 Å². The van der Waals surface area contributed by atoms with Crippen LogP contribution in [0.15, 0.2) is 24.3 Å². The van der Waals surface area contributed by atoms with Gasteiger partial charge in [-0.05, 0) is 44.0 Å². The molecule has 0 aliphatic carbocycles. The molecule has 0 fully saturated rings. The summed E-state index contributed by atoms with van der Waals surface area (Å²) in [5.41, 5.74) is 0.345. The normalized spacial score (nSPS) is 14.4. The second kappa shape index (κ2) is 7.51. The van der Waals surface area contributed by atoms with Crippen molar-refractivity contribution < 1.29 is 9.84 Å². The van der Waals surface area contributed by atoms with Crippen LogP contribution in [0.3, 0.4) is 0 Å². The van der Waals surface area contributed by atoms with Crippen LogP contribution in [-0.2, 0) is 6.42 Å². The highest BCUT2D eigenvalue weighted by Crippen LogP contribution is 2.24. The summed E-state index contributed by atoms with van der Waals surface area (Å²) >= 11 is 0. The lowest BCUT2D eigenvalue weighted by atomic mass is 9.92. The minimum atomic E-state index is -0.710. The van der Waals surface area contributed by atoms with Gasteiger partial charge in [-0.2, -0.15) is 0 Å². The molecule has 0 bridgehead atoms. The molecule has 0 aliphatic rings. The maximum absolute atomic E-state index is 10.5. The molecule has 1 aromatic rings. The van der Waals surface area contributed by atoms with Crippen LogP contribution in [0.5, 0.6) is 5.75 Å². The van der Waals surface area contributed by atoms with Gasteiger partial charge in [0.05, 0.1) is 12.7 Å². The molecule has 1 atom stereocenters. The number of benzene rings is 1. The van der Waals surface area contributed by atoms with E-state index < -0.39 is 5.60 Å². The number of hydrogen-bond acceptors (Lipinski definition) is 3. The van der Waals surface area contributed by atoms with Crippen molar-refractivity contribution in [2.24, 2.45) is 5.92 Å². The molecule has 3 heteroatoms. The van der Waals surface area contributed by atoms with Crippen molar-refractivity contribution in [3.63, 3.8) is 0 Å². The first-order valence-electron chi connectivity index (χ1n) is 6.99. The number of hydrogen-bond donors (Lipinski definition) is 2. The summed E-state index contributed by atoms with van der Waals surface area (Å²) in [5.74, 6) is 1.48. The minimum absolute atomic E-state index is 0.611. The third-order valence-electron chi connectivity index (χ3n) is 3.16. The summed E-state index contributed by atoms with van der Waals surface area (Å²) in [7, 11) is 1.66. The molecule has 108 valence electrons. The van der Waals surface area contributed by atoms with Gasteiger partial charge >= 0.3 is 0 Å². The average molecular weight is 265 g/mol. The van der Waals surface area contributed by atoms with Gasteiger partial charge in [-0.15, -0.1) is 0 Å². The zero-order chi connectivity index (χ0) is 14.3. The quantitative estimate of drug-likeness (QED) is 0.710. The molecular formula is C16H27NO2. The standard InChI is InChI=1S/C16H27NO2/c1-13(2)12-17-10-9-16(3,18)11-14-7-5-6-8-15(14)19-4/h5-8,13,17-18H,9-12H2,1-4H3. The van der Waals surface area contributed by atoms with Gasteiger partial charge in [-0.25, -0.2) is 0 Å². The predicted molar refractivity (Wildman–Crippen MR) is 79.6 cm³/mol. The first-order valence-corrected chi connectivity index (χ1v) is 6.99. The molecule has 19 heavy (non-hydrogen) atoms. The lowest BCUT2D eigenvalue weighted by molar-refractivity contribution is 0.0508. The highest BCUT2D eigenvalue weighted by Gasteiger charge is 2.22. The minimum Gasteiger partial charge on any atom is -0.496 e. The molecule has 3 nitrogen and oxygen atoms in total. The molecule has 0 radical (unpaired) electrons. The molecule has 0 spiro atoms. The van der Waals surface area contributed by atoms with Gasteiger partial charge in [0.1, 0.15) is 5.75 Å². The van der Waals surface area contributed by atoms with Gasteiger partial charge < -0.3 is 15.2 Å². The molecule has 0 heterocycles. The number of para-hydroxylation sites is 1. The Morgan fingerprint density at radius 2 is 2.00 bits per heavy atom. The van der Waals surface area contributed by atoms with E-state index >= 15 is 0 Å². The highest BCUT2D eigenvalue weighted by atomic mass is 16.5. The summed E-state index contributed by atoms with van der Waals surface area (Å²) in [5, 5.41) is 13.8. The Morgan fingerprint density at radius 3 is 2.63 bits per heavy atom. The fourth-order valence-corrected chi connectivity index (χ4v) is 2.10. The Hall–Kier alpha value is -1.06. The van der Waals surface area contributed by atoms with Crippen molar-refractivity contribution in [1.82, 2.24) is 5.32 Å². The molecule has 1 rings (SSSR count).